The molecule has 24 heavy (non-hydrogen) atoms. The summed E-state index contributed by atoms with van der Waals surface area (Å²) >= 11 is 0. The van der Waals surface area contributed by atoms with Gasteiger partial charge in [-0.05, 0) is 24.5 Å². The van der Waals surface area contributed by atoms with E-state index in [0.717, 1.165) is 25.7 Å². The number of aliphatic hydroxyl groups excluding tert-OH is 1. The van der Waals surface area contributed by atoms with Crippen molar-refractivity contribution in [3.05, 3.63) is 34.9 Å². The third-order valence-corrected chi connectivity index (χ3v) is 3.79. The van der Waals surface area contributed by atoms with E-state index in [4.69, 9.17) is 9.47 Å². The molecule has 1 unspecified atom stereocenters. The molecule has 0 spiro atoms. The van der Waals surface area contributed by atoms with E-state index in [2.05, 4.69) is 0 Å². The number of ether oxygens (including phenoxy) is 2. The summed E-state index contributed by atoms with van der Waals surface area (Å²) in [5.74, 6) is -1.35. The zero-order valence-electron chi connectivity index (χ0n) is 14.8. The van der Waals surface area contributed by atoms with E-state index in [1.165, 1.54) is 0 Å². The predicted molar refractivity (Wildman–Crippen MR) is 92.3 cm³/mol. The number of unbranched alkanes of at least 4 members (excludes halogenated alkanes) is 2. The molecule has 134 valence electrons. The highest BCUT2D eigenvalue weighted by molar-refractivity contribution is 6.04. The van der Waals surface area contributed by atoms with Gasteiger partial charge in [-0.2, -0.15) is 0 Å². The van der Waals surface area contributed by atoms with Crippen LogP contribution >= 0.6 is 0 Å². The molecule has 0 fully saturated rings. The van der Waals surface area contributed by atoms with Gasteiger partial charge in [0.2, 0.25) is 0 Å². The van der Waals surface area contributed by atoms with Gasteiger partial charge in [0.05, 0.1) is 24.3 Å². The van der Waals surface area contributed by atoms with Crippen molar-refractivity contribution < 1.29 is 24.2 Å². The molecule has 0 aliphatic carbocycles. The fourth-order valence-electron chi connectivity index (χ4n) is 2.25. The van der Waals surface area contributed by atoms with Gasteiger partial charge in [0.1, 0.15) is 0 Å². The molecular formula is C19H28O5. The molecule has 0 heterocycles. The summed E-state index contributed by atoms with van der Waals surface area (Å²) in [6, 6.07) is 5.00. The first-order valence-electron chi connectivity index (χ1n) is 8.64. The highest BCUT2D eigenvalue weighted by Crippen LogP contribution is 2.25. The standard InChI is InChI=1S/C19H28O5/c1-4-6-11-23-18(21)16-10-8-9-15(14(3)13-20)17(16)19(22)24-12-7-5-2/h8-10,14,20H,4-7,11-13H2,1-3H3. The van der Waals surface area contributed by atoms with Gasteiger partial charge in [-0.15, -0.1) is 0 Å². The van der Waals surface area contributed by atoms with E-state index < -0.39 is 11.9 Å². The minimum Gasteiger partial charge on any atom is -0.462 e. The van der Waals surface area contributed by atoms with Crippen LogP contribution in [-0.4, -0.2) is 36.9 Å². The van der Waals surface area contributed by atoms with Gasteiger partial charge in [-0.25, -0.2) is 9.59 Å². The van der Waals surface area contributed by atoms with Crippen LogP contribution < -0.4 is 0 Å². The quantitative estimate of drug-likeness (QED) is 0.521. The zero-order valence-corrected chi connectivity index (χ0v) is 14.8. The molecular weight excluding hydrogens is 308 g/mol. The lowest BCUT2D eigenvalue weighted by Gasteiger charge is -2.17. The number of hydrogen-bond donors (Lipinski definition) is 1. The summed E-state index contributed by atoms with van der Waals surface area (Å²) in [4.78, 5) is 24.8. The molecule has 1 rings (SSSR count). The average molecular weight is 336 g/mol. The summed E-state index contributed by atoms with van der Waals surface area (Å²) in [6.45, 7) is 6.31. The fourth-order valence-corrected chi connectivity index (χ4v) is 2.25. The molecule has 5 nitrogen and oxygen atoms in total. The van der Waals surface area contributed by atoms with Crippen LogP contribution in [0.1, 0.15) is 78.7 Å². The Hall–Kier alpha value is -1.88. The fraction of sp³-hybridized carbons (Fsp3) is 0.579. The van der Waals surface area contributed by atoms with Crippen molar-refractivity contribution >= 4 is 11.9 Å². The van der Waals surface area contributed by atoms with Gasteiger partial charge < -0.3 is 14.6 Å². The molecule has 1 atom stereocenters. The monoisotopic (exact) mass is 336 g/mol. The maximum atomic E-state index is 12.5. The molecule has 0 bridgehead atoms. The number of carbonyl (C=O) groups excluding carboxylic acids is 2. The number of benzene rings is 1. The van der Waals surface area contributed by atoms with Crippen LogP contribution in [0.2, 0.25) is 0 Å². The lowest BCUT2D eigenvalue weighted by atomic mass is 9.92. The smallest absolute Gasteiger partial charge is 0.339 e. The van der Waals surface area contributed by atoms with Crippen LogP contribution in [0.5, 0.6) is 0 Å². The minimum atomic E-state index is -0.540. The average Bonchev–Trinajstić information content (AvgIpc) is 2.60. The number of rotatable bonds is 10. The highest BCUT2D eigenvalue weighted by Gasteiger charge is 2.25. The molecule has 0 saturated heterocycles. The zero-order chi connectivity index (χ0) is 17.9. The second-order valence-electron chi connectivity index (χ2n) is 5.83. The molecule has 0 aliphatic rings. The lowest BCUT2D eigenvalue weighted by molar-refractivity contribution is 0.0450. The molecule has 1 aromatic rings. The number of hydrogen-bond acceptors (Lipinski definition) is 5. The maximum Gasteiger partial charge on any atom is 0.339 e. The summed E-state index contributed by atoms with van der Waals surface area (Å²) in [5.41, 5.74) is 1.01. The van der Waals surface area contributed by atoms with Crippen LogP contribution in [0.3, 0.4) is 0 Å². The third-order valence-electron chi connectivity index (χ3n) is 3.79. The SMILES string of the molecule is CCCCOC(=O)c1cccc(C(C)CO)c1C(=O)OCCCC. The topological polar surface area (TPSA) is 72.8 Å². The molecule has 0 radical (unpaired) electrons. The number of carbonyl (C=O) groups is 2. The van der Waals surface area contributed by atoms with E-state index in [-0.39, 0.29) is 23.7 Å². The minimum absolute atomic E-state index is 0.121. The second kappa shape index (κ2) is 10.8. The molecule has 0 aromatic heterocycles. The Morgan fingerprint density at radius 2 is 1.62 bits per heavy atom. The van der Waals surface area contributed by atoms with E-state index >= 15 is 0 Å². The van der Waals surface area contributed by atoms with E-state index in [1.807, 2.05) is 13.8 Å². The van der Waals surface area contributed by atoms with Crippen LogP contribution in [0.4, 0.5) is 0 Å². The summed E-state index contributed by atoms with van der Waals surface area (Å²) < 4.78 is 10.5. The number of aliphatic hydroxyl groups is 1. The van der Waals surface area contributed by atoms with Crippen LogP contribution in [-0.2, 0) is 9.47 Å². The predicted octanol–water partition coefficient (Wildman–Crippen LogP) is 3.70. The summed E-state index contributed by atoms with van der Waals surface area (Å²) in [6.07, 6.45) is 3.36. The Morgan fingerprint density at radius 3 is 2.17 bits per heavy atom. The van der Waals surface area contributed by atoms with Gasteiger partial charge in [-0.1, -0.05) is 45.7 Å². The maximum absolute atomic E-state index is 12.5. The van der Waals surface area contributed by atoms with Crippen molar-refractivity contribution in [2.24, 2.45) is 0 Å². The largest absolute Gasteiger partial charge is 0.462 e. The van der Waals surface area contributed by atoms with Gasteiger partial charge in [-0.3, -0.25) is 0 Å². The van der Waals surface area contributed by atoms with Crippen molar-refractivity contribution in [1.29, 1.82) is 0 Å². The summed E-state index contributed by atoms with van der Waals surface area (Å²) in [7, 11) is 0. The lowest BCUT2D eigenvalue weighted by Crippen LogP contribution is -2.19. The second-order valence-corrected chi connectivity index (χ2v) is 5.83. The number of esters is 2. The molecule has 5 heteroatoms. The van der Waals surface area contributed by atoms with Crippen LogP contribution in [0, 0.1) is 0 Å². The Morgan fingerprint density at radius 1 is 1.04 bits per heavy atom. The van der Waals surface area contributed by atoms with Crippen molar-refractivity contribution in [2.45, 2.75) is 52.4 Å². The van der Waals surface area contributed by atoms with Gasteiger partial charge in [0, 0.05) is 12.5 Å². The van der Waals surface area contributed by atoms with Crippen LogP contribution in [0.15, 0.2) is 18.2 Å². The van der Waals surface area contributed by atoms with Crippen molar-refractivity contribution in [3.8, 4) is 0 Å². The first kappa shape index (κ1) is 20.2. The first-order chi connectivity index (χ1) is 11.6. The summed E-state index contributed by atoms with van der Waals surface area (Å²) in [5, 5.41) is 9.44. The molecule has 0 amide bonds. The van der Waals surface area contributed by atoms with Gasteiger partial charge in [0.15, 0.2) is 0 Å². The molecule has 1 N–H and O–H groups in total. The van der Waals surface area contributed by atoms with Crippen molar-refractivity contribution in [1.82, 2.24) is 0 Å². The van der Waals surface area contributed by atoms with E-state index in [9.17, 15) is 14.7 Å². The van der Waals surface area contributed by atoms with Crippen molar-refractivity contribution in [2.75, 3.05) is 19.8 Å². The van der Waals surface area contributed by atoms with E-state index in [0.29, 0.717) is 18.8 Å². The van der Waals surface area contributed by atoms with Crippen molar-refractivity contribution in [3.63, 3.8) is 0 Å². The van der Waals surface area contributed by atoms with E-state index in [1.54, 1.807) is 25.1 Å². The Labute approximate surface area is 144 Å². The Balaban J connectivity index is 3.12. The Bertz CT molecular complexity index is 539. The molecule has 0 saturated carbocycles. The Kier molecular flexibility index (Phi) is 9.08. The third kappa shape index (κ3) is 5.64. The molecule has 1 aromatic carbocycles. The normalized spacial score (nSPS) is 11.8. The van der Waals surface area contributed by atoms with Crippen LogP contribution in [0.25, 0.3) is 0 Å². The van der Waals surface area contributed by atoms with Gasteiger partial charge >= 0.3 is 11.9 Å². The van der Waals surface area contributed by atoms with Gasteiger partial charge in [0.25, 0.3) is 0 Å². The highest BCUT2D eigenvalue weighted by atomic mass is 16.5. The first-order valence-corrected chi connectivity index (χ1v) is 8.64. The molecule has 0 aliphatic heterocycles.